The maximum absolute atomic E-state index is 13.4. The molecule has 3 aromatic carbocycles. The largest absolute Gasteiger partial charge is 0.493 e. The third-order valence-corrected chi connectivity index (χ3v) is 5.38. The number of methoxy groups -OCH3 is 1. The number of hydrogen-bond acceptors (Lipinski definition) is 5. The fraction of sp³-hybridized carbons (Fsp3) is 0.0833. The molecule has 1 aliphatic heterocycles. The Hall–Kier alpha value is -3.20. The molecule has 1 heterocycles. The van der Waals surface area contributed by atoms with Gasteiger partial charge in [-0.25, -0.2) is 9.18 Å². The highest BCUT2D eigenvalue weighted by Gasteiger charge is 2.27. The highest BCUT2D eigenvalue weighted by Crippen LogP contribution is 2.35. The summed E-state index contributed by atoms with van der Waals surface area (Å²) in [4.78, 5) is 17.2. The van der Waals surface area contributed by atoms with Gasteiger partial charge in [0, 0.05) is 5.56 Å². The molecule has 0 saturated heterocycles. The number of oxime groups is 1. The summed E-state index contributed by atoms with van der Waals surface area (Å²) in [6.07, 6.45) is 1.71. The summed E-state index contributed by atoms with van der Waals surface area (Å²) in [7, 11) is 1.54. The first-order valence-electron chi connectivity index (χ1n) is 9.37. The van der Waals surface area contributed by atoms with Crippen molar-refractivity contribution in [2.45, 2.75) is 6.61 Å². The van der Waals surface area contributed by atoms with Gasteiger partial charge in [-0.2, -0.15) is 0 Å². The van der Waals surface area contributed by atoms with E-state index in [2.05, 4.69) is 27.7 Å². The molecule has 1 aliphatic rings. The Bertz CT molecular complexity index is 1190. The highest BCUT2D eigenvalue weighted by atomic mass is 127. The molecule has 156 valence electrons. The smallest absolute Gasteiger partial charge is 0.368 e. The minimum Gasteiger partial charge on any atom is -0.493 e. The van der Waals surface area contributed by atoms with Crippen LogP contribution in [0.5, 0.6) is 11.5 Å². The van der Waals surface area contributed by atoms with Crippen LogP contribution in [-0.2, 0) is 16.2 Å². The first-order valence-corrected chi connectivity index (χ1v) is 10.4. The van der Waals surface area contributed by atoms with Gasteiger partial charge >= 0.3 is 5.97 Å². The fourth-order valence-electron chi connectivity index (χ4n) is 3.13. The lowest BCUT2D eigenvalue weighted by Gasteiger charge is -2.14. The van der Waals surface area contributed by atoms with Gasteiger partial charge in [0.25, 0.3) is 0 Å². The molecule has 5 nitrogen and oxygen atoms in total. The molecule has 31 heavy (non-hydrogen) atoms. The number of rotatable bonds is 6. The Morgan fingerprint density at radius 1 is 1.10 bits per heavy atom. The number of hydrogen-bond donors (Lipinski definition) is 0. The second-order valence-corrected chi connectivity index (χ2v) is 7.86. The number of nitrogens with zero attached hydrogens (tertiary/aromatic N) is 1. The molecule has 0 unspecified atom stereocenters. The Morgan fingerprint density at radius 3 is 2.65 bits per heavy atom. The molecule has 0 saturated carbocycles. The van der Waals surface area contributed by atoms with Gasteiger partial charge in [0.15, 0.2) is 11.5 Å². The molecular weight excluding hydrogens is 512 g/mol. The van der Waals surface area contributed by atoms with E-state index >= 15 is 0 Å². The highest BCUT2D eigenvalue weighted by molar-refractivity contribution is 14.1. The second kappa shape index (κ2) is 9.30. The molecular formula is C24H17FINO4. The van der Waals surface area contributed by atoms with Crippen molar-refractivity contribution in [3.63, 3.8) is 0 Å². The topological polar surface area (TPSA) is 57.1 Å². The van der Waals surface area contributed by atoms with Gasteiger partial charge in [0.05, 0.1) is 16.3 Å². The predicted molar refractivity (Wildman–Crippen MR) is 123 cm³/mol. The maximum Gasteiger partial charge on any atom is 0.368 e. The SMILES string of the molecule is COc1cc(/C=C2\C(=O)ON=C2c2ccccc2)cc(I)c1OCc1cccc(F)c1. The van der Waals surface area contributed by atoms with E-state index in [-0.39, 0.29) is 12.4 Å². The van der Waals surface area contributed by atoms with E-state index in [0.29, 0.717) is 28.3 Å². The van der Waals surface area contributed by atoms with Crippen LogP contribution in [0.4, 0.5) is 4.39 Å². The molecule has 0 amide bonds. The van der Waals surface area contributed by atoms with Gasteiger partial charge in [-0.3, -0.25) is 0 Å². The molecule has 0 atom stereocenters. The van der Waals surface area contributed by atoms with E-state index in [9.17, 15) is 9.18 Å². The average Bonchev–Trinajstić information content (AvgIpc) is 3.13. The summed E-state index contributed by atoms with van der Waals surface area (Å²) in [5, 5.41) is 3.93. The van der Waals surface area contributed by atoms with Crippen molar-refractivity contribution in [3.05, 3.63) is 98.4 Å². The van der Waals surface area contributed by atoms with Gasteiger partial charge in [0.1, 0.15) is 18.1 Å². The van der Waals surface area contributed by atoms with Crippen molar-refractivity contribution in [1.82, 2.24) is 0 Å². The number of ether oxygens (including phenoxy) is 2. The van der Waals surface area contributed by atoms with E-state index in [0.717, 1.165) is 14.7 Å². The number of benzene rings is 3. The number of carbonyl (C=O) groups is 1. The number of carbonyl (C=O) groups excluding carboxylic acids is 1. The number of halogens is 2. The van der Waals surface area contributed by atoms with Crippen molar-refractivity contribution in [3.8, 4) is 11.5 Å². The zero-order valence-corrected chi connectivity index (χ0v) is 18.6. The molecule has 0 fully saturated rings. The summed E-state index contributed by atoms with van der Waals surface area (Å²) in [6, 6.07) is 19.2. The van der Waals surface area contributed by atoms with Crippen LogP contribution < -0.4 is 9.47 Å². The molecule has 7 heteroatoms. The van der Waals surface area contributed by atoms with Gasteiger partial charge in [-0.05, 0) is 64.1 Å². The third kappa shape index (κ3) is 4.77. The Kier molecular flexibility index (Phi) is 6.31. The van der Waals surface area contributed by atoms with Gasteiger partial charge in [-0.1, -0.05) is 47.6 Å². The maximum atomic E-state index is 13.4. The summed E-state index contributed by atoms with van der Waals surface area (Å²) < 4.78 is 25.6. The van der Waals surface area contributed by atoms with E-state index in [1.54, 1.807) is 24.3 Å². The zero-order chi connectivity index (χ0) is 21.8. The monoisotopic (exact) mass is 529 g/mol. The lowest BCUT2D eigenvalue weighted by atomic mass is 10.0. The summed E-state index contributed by atoms with van der Waals surface area (Å²) in [6.45, 7) is 0.196. The third-order valence-electron chi connectivity index (χ3n) is 4.58. The molecule has 0 aliphatic carbocycles. The van der Waals surface area contributed by atoms with Crippen LogP contribution in [0.2, 0.25) is 0 Å². The van der Waals surface area contributed by atoms with Crippen LogP contribution in [0.1, 0.15) is 16.7 Å². The molecule has 0 N–H and O–H groups in total. The van der Waals surface area contributed by atoms with Crippen molar-refractivity contribution < 1.29 is 23.5 Å². The van der Waals surface area contributed by atoms with Gasteiger partial charge < -0.3 is 14.3 Å². The molecule has 4 rings (SSSR count). The summed E-state index contributed by atoms with van der Waals surface area (Å²) >= 11 is 2.14. The van der Waals surface area contributed by atoms with Crippen molar-refractivity contribution >= 4 is 40.3 Å². The Labute approximate surface area is 192 Å². The van der Waals surface area contributed by atoms with Gasteiger partial charge in [-0.15, -0.1) is 0 Å². The van der Waals surface area contributed by atoms with Crippen LogP contribution in [0.25, 0.3) is 6.08 Å². The standard InChI is InChI=1S/C24H17FINO4/c1-29-21-13-16(11-19-22(27-31-24(19)28)17-7-3-2-4-8-17)12-20(26)23(21)30-14-15-6-5-9-18(25)10-15/h2-13H,14H2,1H3/b19-11-. The van der Waals surface area contributed by atoms with E-state index in [1.165, 1.54) is 19.2 Å². The molecule has 0 bridgehead atoms. The van der Waals surface area contributed by atoms with Crippen LogP contribution in [-0.4, -0.2) is 18.8 Å². The average molecular weight is 529 g/mol. The van der Waals surface area contributed by atoms with E-state index in [4.69, 9.17) is 14.3 Å². The second-order valence-electron chi connectivity index (χ2n) is 6.70. The quantitative estimate of drug-likeness (QED) is 0.245. The first-order chi connectivity index (χ1) is 15.0. The zero-order valence-electron chi connectivity index (χ0n) is 16.5. The van der Waals surface area contributed by atoms with Crippen LogP contribution >= 0.6 is 22.6 Å². The molecule has 3 aromatic rings. The van der Waals surface area contributed by atoms with Crippen LogP contribution in [0.15, 0.2) is 77.5 Å². The lowest BCUT2D eigenvalue weighted by molar-refractivity contribution is -0.136. The van der Waals surface area contributed by atoms with Crippen molar-refractivity contribution in [2.24, 2.45) is 5.16 Å². The minimum atomic E-state index is -0.515. The lowest BCUT2D eigenvalue weighted by Crippen LogP contribution is -2.07. The first kappa shape index (κ1) is 21.0. The Balaban J connectivity index is 1.63. The molecule has 0 spiro atoms. The minimum absolute atomic E-state index is 0.196. The summed E-state index contributed by atoms with van der Waals surface area (Å²) in [5.41, 5.74) is 3.07. The van der Waals surface area contributed by atoms with Crippen molar-refractivity contribution in [1.29, 1.82) is 0 Å². The predicted octanol–water partition coefficient (Wildman–Crippen LogP) is 5.36. The molecule has 0 radical (unpaired) electrons. The van der Waals surface area contributed by atoms with Crippen LogP contribution in [0.3, 0.4) is 0 Å². The van der Waals surface area contributed by atoms with Crippen molar-refractivity contribution in [2.75, 3.05) is 7.11 Å². The van der Waals surface area contributed by atoms with E-state index < -0.39 is 5.97 Å². The summed E-state index contributed by atoms with van der Waals surface area (Å²) in [5.74, 6) is 0.212. The van der Waals surface area contributed by atoms with Gasteiger partial charge in [0.2, 0.25) is 0 Å². The fourth-order valence-corrected chi connectivity index (χ4v) is 3.91. The molecule has 0 aromatic heterocycles. The van der Waals surface area contributed by atoms with Crippen LogP contribution in [0, 0.1) is 9.39 Å². The normalized spacial score (nSPS) is 14.4. The van der Waals surface area contributed by atoms with E-state index in [1.807, 2.05) is 36.4 Å². The Morgan fingerprint density at radius 2 is 1.90 bits per heavy atom.